The lowest BCUT2D eigenvalue weighted by atomic mass is 9.96. The summed E-state index contributed by atoms with van der Waals surface area (Å²) in [6.45, 7) is 1.66. The van der Waals surface area contributed by atoms with Gasteiger partial charge in [-0.2, -0.15) is 0 Å². The number of nitrogens with zero attached hydrogens (tertiary/aromatic N) is 1. The van der Waals surface area contributed by atoms with E-state index in [1.165, 1.54) is 0 Å². The first kappa shape index (κ1) is 23.1. The van der Waals surface area contributed by atoms with Crippen LogP contribution in [0, 0.1) is 11.6 Å². The van der Waals surface area contributed by atoms with Crippen LogP contribution in [0.15, 0.2) is 54.7 Å². The zero-order chi connectivity index (χ0) is 23.8. The summed E-state index contributed by atoms with van der Waals surface area (Å²) in [6, 6.07) is 10.6. The average Bonchev–Trinajstić information content (AvgIpc) is 3.19. The predicted octanol–water partition coefficient (Wildman–Crippen LogP) is 5.65. The molecule has 1 heterocycles. The fourth-order valence-electron chi connectivity index (χ4n) is 3.67. The van der Waals surface area contributed by atoms with Crippen molar-refractivity contribution in [1.29, 1.82) is 0 Å². The maximum atomic E-state index is 15.1. The van der Waals surface area contributed by atoms with E-state index in [4.69, 9.17) is 11.6 Å². The molecule has 4 rings (SSSR count). The summed E-state index contributed by atoms with van der Waals surface area (Å²) in [5.41, 5.74) is 1.44. The van der Waals surface area contributed by atoms with Crippen molar-refractivity contribution in [1.82, 2.24) is 4.98 Å². The number of aromatic nitrogens is 1. The van der Waals surface area contributed by atoms with Crippen molar-refractivity contribution in [3.63, 3.8) is 0 Å². The number of pyridine rings is 1. The number of fused-ring (bicyclic) bond motifs is 1. The van der Waals surface area contributed by atoms with E-state index in [1.54, 1.807) is 49.5 Å². The molecule has 0 saturated carbocycles. The van der Waals surface area contributed by atoms with Gasteiger partial charge in [-0.3, -0.25) is 14.5 Å². The molecule has 9 heteroatoms. The summed E-state index contributed by atoms with van der Waals surface area (Å²) in [4.78, 5) is 17.6. The number of anilines is 1. The minimum atomic E-state index is -3.83. The van der Waals surface area contributed by atoms with E-state index in [9.17, 15) is 17.6 Å². The molecule has 1 aromatic heterocycles. The largest absolute Gasteiger partial charge is 0.288 e. The van der Waals surface area contributed by atoms with Crippen molar-refractivity contribution in [2.24, 2.45) is 0 Å². The Balaban J connectivity index is 1.71. The third-order valence-corrected chi connectivity index (χ3v) is 6.97. The minimum Gasteiger partial charge on any atom is -0.288 e. The zero-order valence-electron chi connectivity index (χ0n) is 17.5. The number of carbonyl (C=O) groups excluding carboxylic acids is 1. The summed E-state index contributed by atoms with van der Waals surface area (Å²) >= 11 is 5.94. The van der Waals surface area contributed by atoms with E-state index >= 15 is 4.39 Å². The molecule has 3 aromatic rings. The molecule has 1 N–H and O–H groups in total. The van der Waals surface area contributed by atoms with E-state index in [2.05, 4.69) is 9.71 Å². The number of hydrogen-bond donors (Lipinski definition) is 1. The Morgan fingerprint density at radius 2 is 1.85 bits per heavy atom. The lowest BCUT2D eigenvalue weighted by Crippen LogP contribution is -2.18. The van der Waals surface area contributed by atoms with Gasteiger partial charge in [-0.15, -0.1) is 0 Å². The summed E-state index contributed by atoms with van der Waals surface area (Å²) < 4.78 is 55.9. The van der Waals surface area contributed by atoms with Crippen molar-refractivity contribution >= 4 is 38.7 Å². The number of hydrogen-bond acceptors (Lipinski definition) is 4. The van der Waals surface area contributed by atoms with Crippen LogP contribution in [0.25, 0.3) is 16.7 Å². The second-order valence-electron chi connectivity index (χ2n) is 7.58. The molecule has 0 fully saturated rings. The van der Waals surface area contributed by atoms with Gasteiger partial charge in [-0.25, -0.2) is 17.2 Å². The number of rotatable bonds is 7. The van der Waals surface area contributed by atoms with Crippen molar-refractivity contribution in [3.05, 3.63) is 88.2 Å². The van der Waals surface area contributed by atoms with E-state index in [-0.39, 0.29) is 11.3 Å². The van der Waals surface area contributed by atoms with Crippen LogP contribution >= 0.6 is 11.6 Å². The Hall–Kier alpha value is -3.10. The molecule has 1 aliphatic carbocycles. The minimum absolute atomic E-state index is 0.111. The van der Waals surface area contributed by atoms with Gasteiger partial charge in [0, 0.05) is 34.3 Å². The number of allylic oxidation sites excluding steroid dienone is 2. The lowest BCUT2D eigenvalue weighted by molar-refractivity contribution is 0.104. The van der Waals surface area contributed by atoms with Crippen LogP contribution in [0.4, 0.5) is 14.5 Å². The second-order valence-corrected chi connectivity index (χ2v) is 9.86. The highest BCUT2D eigenvalue weighted by molar-refractivity contribution is 7.92. The molecule has 0 radical (unpaired) electrons. The first-order valence-corrected chi connectivity index (χ1v) is 12.2. The van der Waals surface area contributed by atoms with Crippen molar-refractivity contribution in [2.75, 3.05) is 10.5 Å². The van der Waals surface area contributed by atoms with Crippen LogP contribution in [0.3, 0.4) is 0 Å². The molecule has 0 bridgehead atoms. The number of ketones is 1. The molecule has 0 atom stereocenters. The smallest absolute Gasteiger partial charge is 0.232 e. The molecule has 0 saturated heterocycles. The van der Waals surface area contributed by atoms with Gasteiger partial charge in [0.25, 0.3) is 0 Å². The first-order valence-electron chi connectivity index (χ1n) is 10.2. The number of benzene rings is 2. The Bertz CT molecular complexity index is 1390. The van der Waals surface area contributed by atoms with Crippen molar-refractivity contribution < 1.29 is 22.0 Å². The number of carbonyl (C=O) groups is 1. The van der Waals surface area contributed by atoms with Gasteiger partial charge in [0.2, 0.25) is 10.0 Å². The number of Topliss-reactive ketones (excluding diaryl/α,β-unsaturated/α-hetero) is 1. The highest BCUT2D eigenvalue weighted by Gasteiger charge is 2.29. The monoisotopic (exact) mass is 488 g/mol. The first-order chi connectivity index (χ1) is 15.7. The molecule has 33 heavy (non-hydrogen) atoms. The molecule has 0 amide bonds. The third kappa shape index (κ3) is 4.67. The van der Waals surface area contributed by atoms with Crippen LogP contribution in [0.1, 0.15) is 35.0 Å². The lowest BCUT2D eigenvalue weighted by Gasteiger charge is -2.13. The molecule has 0 aliphatic heterocycles. The maximum absolute atomic E-state index is 15.1. The van der Waals surface area contributed by atoms with Gasteiger partial charge in [-0.05, 0) is 42.3 Å². The Kier molecular flexibility index (Phi) is 6.32. The van der Waals surface area contributed by atoms with Crippen LogP contribution in [-0.4, -0.2) is 24.9 Å². The zero-order valence-corrected chi connectivity index (χ0v) is 19.1. The Labute approximate surface area is 195 Å². The van der Waals surface area contributed by atoms with Gasteiger partial charge in [0.1, 0.15) is 5.82 Å². The molecule has 1 aliphatic rings. The van der Waals surface area contributed by atoms with Gasteiger partial charge in [0.15, 0.2) is 11.6 Å². The Morgan fingerprint density at radius 3 is 2.55 bits per heavy atom. The molecule has 2 aromatic carbocycles. The van der Waals surface area contributed by atoms with Crippen LogP contribution in [0.5, 0.6) is 0 Å². The standard InChI is InChI=1S/C24H19ClF2N2O3S/c1-2-11-33(31,32)29-21-10-8-19(26)22(23(21)27)24(30)17-7-9-20-18(17)12-15(13-28-20)14-3-5-16(25)6-4-14/h3-8,10,12-13,29H,2,9,11H2,1H3. The normalized spacial score (nSPS) is 12.9. The van der Waals surface area contributed by atoms with Crippen LogP contribution in [0.2, 0.25) is 5.02 Å². The summed E-state index contributed by atoms with van der Waals surface area (Å²) in [5.74, 6) is -3.44. The van der Waals surface area contributed by atoms with Crippen LogP contribution in [-0.2, 0) is 16.4 Å². The SMILES string of the molecule is CCCS(=O)(=O)Nc1ccc(F)c(C(=O)C2=CCc3ncc(-c4ccc(Cl)cc4)cc32)c1F. The Morgan fingerprint density at radius 1 is 1.12 bits per heavy atom. The number of sulfonamides is 1. The predicted molar refractivity (Wildman–Crippen MR) is 125 cm³/mol. The summed E-state index contributed by atoms with van der Waals surface area (Å²) in [6.07, 6.45) is 3.88. The van der Waals surface area contributed by atoms with Gasteiger partial charge in [-0.1, -0.05) is 36.7 Å². The topological polar surface area (TPSA) is 76.1 Å². The highest BCUT2D eigenvalue weighted by Crippen LogP contribution is 2.34. The number of halogens is 3. The summed E-state index contributed by atoms with van der Waals surface area (Å²) in [7, 11) is -3.83. The third-order valence-electron chi connectivity index (χ3n) is 5.24. The highest BCUT2D eigenvalue weighted by atomic mass is 35.5. The molecule has 170 valence electrons. The van der Waals surface area contributed by atoms with E-state index in [0.29, 0.717) is 34.7 Å². The fraction of sp³-hybridized carbons (Fsp3) is 0.167. The molecular formula is C24H19ClF2N2O3S. The van der Waals surface area contributed by atoms with Gasteiger partial charge in [0.05, 0.1) is 22.7 Å². The van der Waals surface area contributed by atoms with Crippen molar-refractivity contribution in [3.8, 4) is 11.1 Å². The van der Waals surface area contributed by atoms with Gasteiger partial charge >= 0.3 is 0 Å². The maximum Gasteiger partial charge on any atom is 0.232 e. The van der Waals surface area contributed by atoms with Crippen molar-refractivity contribution in [2.45, 2.75) is 19.8 Å². The fourth-order valence-corrected chi connectivity index (χ4v) is 4.93. The number of nitrogens with one attached hydrogen (secondary N) is 1. The molecule has 0 spiro atoms. The average molecular weight is 489 g/mol. The summed E-state index contributed by atoms with van der Waals surface area (Å²) in [5, 5.41) is 0.573. The molecule has 5 nitrogen and oxygen atoms in total. The van der Waals surface area contributed by atoms with Gasteiger partial charge < -0.3 is 0 Å². The molecular weight excluding hydrogens is 470 g/mol. The second kappa shape index (κ2) is 9.03. The quantitative estimate of drug-likeness (QED) is 0.436. The van der Waals surface area contributed by atoms with Crippen LogP contribution < -0.4 is 4.72 Å². The van der Waals surface area contributed by atoms with E-state index in [1.807, 2.05) is 0 Å². The molecule has 0 unspecified atom stereocenters. The van der Waals surface area contributed by atoms with E-state index < -0.39 is 38.7 Å². The van der Waals surface area contributed by atoms with E-state index in [0.717, 1.165) is 17.7 Å².